The van der Waals surface area contributed by atoms with E-state index in [0.29, 0.717) is 41.3 Å². The van der Waals surface area contributed by atoms with Crippen LogP contribution in [0.25, 0.3) is 0 Å². The van der Waals surface area contributed by atoms with Crippen LogP contribution >= 0.6 is 0 Å². The topological polar surface area (TPSA) is 103 Å². The van der Waals surface area contributed by atoms with Gasteiger partial charge in [-0.1, -0.05) is 45.0 Å². The molecule has 4 rings (SSSR count). The number of benzene rings is 2. The second-order valence-electron chi connectivity index (χ2n) is 12.0. The molecule has 1 unspecified atom stereocenters. The molecule has 7 nitrogen and oxygen atoms in total. The molecule has 7 heteroatoms. The average molecular weight is 527 g/mol. The van der Waals surface area contributed by atoms with E-state index >= 15 is 0 Å². The molecule has 2 aromatic carbocycles. The van der Waals surface area contributed by atoms with E-state index in [1.54, 1.807) is 30.3 Å². The Kier molecular flexibility index (Phi) is 8.06. The minimum absolute atomic E-state index is 0.0288. The summed E-state index contributed by atoms with van der Waals surface area (Å²) >= 11 is 0. The molecule has 1 saturated carbocycles. The fourth-order valence-corrected chi connectivity index (χ4v) is 5.89. The van der Waals surface area contributed by atoms with Gasteiger partial charge in [-0.3, -0.25) is 19.4 Å². The summed E-state index contributed by atoms with van der Waals surface area (Å²) in [4.78, 5) is 44.8. The second kappa shape index (κ2) is 11.1. The van der Waals surface area contributed by atoms with E-state index in [2.05, 4.69) is 32.2 Å². The number of carbonyl (C=O) groups is 3. The quantitative estimate of drug-likeness (QED) is 0.508. The summed E-state index contributed by atoms with van der Waals surface area (Å²) in [5.41, 5.74) is 2.56. The fourth-order valence-electron chi connectivity index (χ4n) is 5.89. The number of nitrogens with one attached hydrogen (secondary N) is 1. The number of aliphatic imine (C=N–C) groups is 1. The van der Waals surface area contributed by atoms with Crippen LogP contribution in [-0.2, 0) is 9.59 Å². The minimum atomic E-state index is -0.640. The Labute approximate surface area is 231 Å². The molecule has 1 spiro atoms. The maximum absolute atomic E-state index is 14.0. The van der Waals surface area contributed by atoms with Crippen molar-refractivity contribution in [3.63, 3.8) is 0 Å². The number of nitriles is 1. The van der Waals surface area contributed by atoms with Crippen LogP contribution in [0.5, 0.6) is 0 Å². The highest BCUT2D eigenvalue weighted by atomic mass is 16.2. The van der Waals surface area contributed by atoms with Gasteiger partial charge in [0, 0.05) is 24.1 Å². The van der Waals surface area contributed by atoms with Crippen molar-refractivity contribution >= 4 is 23.3 Å². The van der Waals surface area contributed by atoms with Gasteiger partial charge in [0.05, 0.1) is 17.7 Å². The van der Waals surface area contributed by atoms with Gasteiger partial charge >= 0.3 is 0 Å². The first kappa shape index (κ1) is 28.2. The van der Waals surface area contributed by atoms with Crippen molar-refractivity contribution < 1.29 is 14.4 Å². The molecule has 1 fully saturated rings. The monoisotopic (exact) mass is 526 g/mol. The minimum Gasteiger partial charge on any atom is -0.352 e. The summed E-state index contributed by atoms with van der Waals surface area (Å²) in [6.07, 6.45) is 3.82. The van der Waals surface area contributed by atoms with E-state index in [1.165, 1.54) is 6.92 Å². The third-order valence-corrected chi connectivity index (χ3v) is 8.27. The van der Waals surface area contributed by atoms with E-state index in [4.69, 9.17) is 4.99 Å². The van der Waals surface area contributed by atoms with E-state index in [-0.39, 0.29) is 29.1 Å². The first-order valence-corrected chi connectivity index (χ1v) is 13.8. The highest BCUT2D eigenvalue weighted by Gasteiger charge is 2.51. The zero-order chi connectivity index (χ0) is 28.4. The van der Waals surface area contributed by atoms with Crippen LogP contribution in [0.15, 0.2) is 53.5 Å². The van der Waals surface area contributed by atoms with Gasteiger partial charge in [0.1, 0.15) is 17.2 Å². The number of hydrogen-bond donors (Lipinski definition) is 1. The SMILES string of the molecule is CC(=O)CCNC(=O)c1ccc(C(C)N2C(=O)C(c3cccc(C#N)c3)=NC23CCC(C(C)(C)C)CC3)cc1. The van der Waals surface area contributed by atoms with Gasteiger partial charge in [0.25, 0.3) is 11.8 Å². The fraction of sp³-hybridized carbons (Fsp3) is 0.469. The van der Waals surface area contributed by atoms with E-state index in [0.717, 1.165) is 31.2 Å². The zero-order valence-electron chi connectivity index (χ0n) is 23.6. The zero-order valence-corrected chi connectivity index (χ0v) is 23.6. The molecule has 1 heterocycles. The molecular weight excluding hydrogens is 488 g/mol. The molecular formula is C32H38N4O3. The maximum atomic E-state index is 14.0. The first-order chi connectivity index (χ1) is 18.4. The van der Waals surface area contributed by atoms with Crippen LogP contribution in [0.4, 0.5) is 0 Å². The van der Waals surface area contributed by atoms with Crippen molar-refractivity contribution in [1.29, 1.82) is 5.26 Å². The lowest BCUT2D eigenvalue weighted by Gasteiger charge is -2.46. The molecule has 1 atom stereocenters. The Morgan fingerprint density at radius 3 is 2.41 bits per heavy atom. The van der Waals surface area contributed by atoms with Crippen LogP contribution in [0.3, 0.4) is 0 Å². The molecule has 1 N–H and O–H groups in total. The summed E-state index contributed by atoms with van der Waals surface area (Å²) in [6.45, 7) is 10.6. The highest BCUT2D eigenvalue weighted by Crippen LogP contribution is 2.49. The lowest BCUT2D eigenvalue weighted by molar-refractivity contribution is -0.133. The van der Waals surface area contributed by atoms with Crippen LogP contribution in [0.2, 0.25) is 0 Å². The number of hydrogen-bond acceptors (Lipinski definition) is 5. The van der Waals surface area contributed by atoms with E-state index in [9.17, 15) is 19.6 Å². The second-order valence-corrected chi connectivity index (χ2v) is 12.0. The Morgan fingerprint density at radius 1 is 1.15 bits per heavy atom. The molecule has 2 aromatic rings. The lowest BCUT2D eigenvalue weighted by atomic mass is 9.69. The molecule has 2 amide bonds. The number of amides is 2. The normalized spacial score (nSPS) is 21.8. The van der Waals surface area contributed by atoms with Crippen molar-refractivity contribution in [2.45, 2.75) is 78.4 Å². The summed E-state index contributed by atoms with van der Waals surface area (Å²) in [5.74, 6) is 0.226. The lowest BCUT2D eigenvalue weighted by Crippen LogP contribution is -2.50. The number of Topliss-reactive ketones (excluding diaryl/α,β-unsaturated/α-hetero) is 1. The van der Waals surface area contributed by atoms with Gasteiger partial charge in [-0.25, -0.2) is 0 Å². The molecule has 0 radical (unpaired) electrons. The number of ketones is 1. The molecule has 0 aromatic heterocycles. The van der Waals surface area contributed by atoms with Crippen molar-refractivity contribution in [3.8, 4) is 6.07 Å². The summed E-state index contributed by atoms with van der Waals surface area (Å²) < 4.78 is 0. The summed E-state index contributed by atoms with van der Waals surface area (Å²) in [5, 5.41) is 12.2. The third-order valence-electron chi connectivity index (χ3n) is 8.27. The molecule has 0 saturated heterocycles. The molecule has 1 aliphatic heterocycles. The predicted molar refractivity (Wildman–Crippen MR) is 151 cm³/mol. The van der Waals surface area contributed by atoms with Gasteiger partial charge in [0.15, 0.2) is 0 Å². The molecule has 1 aliphatic carbocycles. The molecule has 39 heavy (non-hydrogen) atoms. The van der Waals surface area contributed by atoms with Crippen LogP contribution in [-0.4, -0.2) is 40.4 Å². The number of carbonyl (C=O) groups excluding carboxylic acids is 3. The van der Waals surface area contributed by atoms with Crippen molar-refractivity contribution in [1.82, 2.24) is 10.2 Å². The predicted octanol–water partition coefficient (Wildman–Crippen LogP) is 5.59. The van der Waals surface area contributed by atoms with Crippen LogP contribution in [0.1, 0.15) is 99.8 Å². The highest BCUT2D eigenvalue weighted by molar-refractivity contribution is 6.46. The average Bonchev–Trinajstić information content (AvgIpc) is 3.18. The van der Waals surface area contributed by atoms with Gasteiger partial charge in [-0.15, -0.1) is 0 Å². The van der Waals surface area contributed by atoms with Crippen LogP contribution < -0.4 is 5.32 Å². The summed E-state index contributed by atoms with van der Waals surface area (Å²) in [7, 11) is 0. The van der Waals surface area contributed by atoms with Gasteiger partial charge in [-0.2, -0.15) is 5.26 Å². The molecule has 204 valence electrons. The number of nitrogens with zero attached hydrogens (tertiary/aromatic N) is 3. The standard InChI is InChI=1S/C32H38N4O3/c1-21(37)15-18-34-29(38)25-11-9-24(10-12-25)22(2)36-30(39)28(26-8-6-7-23(19-26)20-33)35-32(36)16-13-27(14-17-32)31(3,4)5/h6-12,19,22,27H,13-18H2,1-5H3,(H,34,38). The van der Waals surface area contributed by atoms with Gasteiger partial charge < -0.3 is 10.2 Å². The maximum Gasteiger partial charge on any atom is 0.275 e. The third kappa shape index (κ3) is 5.95. The van der Waals surface area contributed by atoms with Crippen molar-refractivity contribution in [3.05, 3.63) is 70.8 Å². The Morgan fingerprint density at radius 2 is 1.82 bits per heavy atom. The summed E-state index contributed by atoms with van der Waals surface area (Å²) in [6, 6.07) is 16.3. The van der Waals surface area contributed by atoms with Gasteiger partial charge in [0.2, 0.25) is 0 Å². The van der Waals surface area contributed by atoms with Crippen LogP contribution in [0, 0.1) is 22.7 Å². The largest absolute Gasteiger partial charge is 0.352 e. The van der Waals surface area contributed by atoms with Gasteiger partial charge in [-0.05, 0) is 80.7 Å². The molecule has 0 bridgehead atoms. The number of rotatable bonds is 7. The first-order valence-electron chi connectivity index (χ1n) is 13.8. The van der Waals surface area contributed by atoms with Crippen molar-refractivity contribution in [2.24, 2.45) is 16.3 Å². The Balaban J connectivity index is 1.62. The van der Waals surface area contributed by atoms with E-state index < -0.39 is 5.66 Å². The smallest absolute Gasteiger partial charge is 0.275 e. The molecule has 2 aliphatic rings. The van der Waals surface area contributed by atoms with E-state index in [1.807, 2.05) is 30.0 Å². The van der Waals surface area contributed by atoms with Crippen molar-refractivity contribution in [2.75, 3.05) is 6.54 Å². The Bertz CT molecular complexity index is 1320. The Hall–Kier alpha value is -3.79.